The molecule has 3 aliphatic carbocycles. The van der Waals surface area contributed by atoms with E-state index in [1.54, 1.807) is 0 Å². The van der Waals surface area contributed by atoms with Crippen LogP contribution in [0.3, 0.4) is 0 Å². The molecule has 1 heterocycles. The lowest BCUT2D eigenvalue weighted by molar-refractivity contribution is 0.669. The molecule has 2 nitrogen and oxygen atoms in total. The van der Waals surface area contributed by atoms with E-state index in [0.717, 1.165) is 36.8 Å². The van der Waals surface area contributed by atoms with Crippen LogP contribution in [0.5, 0.6) is 0 Å². The van der Waals surface area contributed by atoms with Crippen molar-refractivity contribution in [2.45, 2.75) is 37.5 Å². The van der Waals surface area contributed by atoms with E-state index >= 15 is 0 Å². The van der Waals surface area contributed by atoms with Crippen molar-refractivity contribution in [2.75, 3.05) is 4.90 Å². The zero-order chi connectivity index (χ0) is 31.9. The molecule has 0 fully saturated rings. The Bertz CT molecular complexity index is 2290. The van der Waals surface area contributed by atoms with Crippen molar-refractivity contribution in [3.8, 4) is 0 Å². The van der Waals surface area contributed by atoms with Crippen LogP contribution in [0.4, 0.5) is 5.69 Å². The van der Waals surface area contributed by atoms with E-state index in [9.17, 15) is 0 Å². The van der Waals surface area contributed by atoms with E-state index in [2.05, 4.69) is 157 Å². The molecule has 0 radical (unpaired) electrons. The number of hydrogen-bond acceptors (Lipinski definition) is 2. The average Bonchev–Trinajstić information content (AvgIpc) is 3.54. The van der Waals surface area contributed by atoms with Crippen LogP contribution in [-0.2, 0) is 0 Å². The smallest absolute Gasteiger partial charge is 0.136 e. The Hall–Kier alpha value is -5.60. The molecule has 6 aromatic rings. The number of anilines is 1. The normalized spacial score (nSPS) is 18.7. The molecule has 0 saturated heterocycles. The Kier molecular flexibility index (Phi) is 7.28. The summed E-state index contributed by atoms with van der Waals surface area (Å²) in [6.07, 6.45) is 20.3. The Labute approximate surface area is 282 Å². The van der Waals surface area contributed by atoms with Crippen molar-refractivity contribution in [2.24, 2.45) is 0 Å². The fraction of sp³-hybridized carbons (Fsp3) is 0.130. The highest BCUT2D eigenvalue weighted by atomic mass is 16.3. The molecule has 0 saturated carbocycles. The third kappa shape index (κ3) is 5.24. The number of hydrogen-bond donors (Lipinski definition) is 0. The minimum atomic E-state index is 0.387. The maximum Gasteiger partial charge on any atom is 0.136 e. The molecule has 2 unspecified atom stereocenters. The summed E-state index contributed by atoms with van der Waals surface area (Å²) in [5, 5.41) is 2.35. The molecule has 0 aliphatic heterocycles. The first-order valence-electron chi connectivity index (χ1n) is 17.2. The van der Waals surface area contributed by atoms with E-state index in [0.29, 0.717) is 11.8 Å². The van der Waals surface area contributed by atoms with Gasteiger partial charge in [-0.25, -0.2) is 0 Å². The summed E-state index contributed by atoms with van der Waals surface area (Å²) in [5.41, 5.74) is 13.7. The second kappa shape index (κ2) is 12.2. The van der Waals surface area contributed by atoms with Gasteiger partial charge in [-0.1, -0.05) is 121 Å². The Morgan fingerprint density at radius 1 is 0.625 bits per heavy atom. The molecule has 2 atom stereocenters. The van der Waals surface area contributed by atoms with Gasteiger partial charge in [-0.3, -0.25) is 0 Å². The third-order valence-electron chi connectivity index (χ3n) is 10.3. The molecule has 2 heteroatoms. The molecular weight excluding hydrogens is 583 g/mol. The van der Waals surface area contributed by atoms with Crippen LogP contribution in [-0.4, -0.2) is 0 Å². The highest BCUT2D eigenvalue weighted by Crippen LogP contribution is 2.40. The number of furan rings is 1. The first-order valence-corrected chi connectivity index (χ1v) is 17.2. The quantitative estimate of drug-likeness (QED) is 0.184. The lowest BCUT2D eigenvalue weighted by Crippen LogP contribution is -2.23. The molecule has 9 rings (SSSR count). The largest absolute Gasteiger partial charge is 0.456 e. The lowest BCUT2D eigenvalue weighted by Gasteiger charge is -2.33. The fourth-order valence-electron chi connectivity index (χ4n) is 7.79. The number of allylic oxidation sites excluding steroid dienone is 8. The van der Waals surface area contributed by atoms with E-state index in [4.69, 9.17) is 4.42 Å². The predicted octanol–water partition coefficient (Wildman–Crippen LogP) is 12.3. The second-order valence-corrected chi connectivity index (χ2v) is 13.1. The van der Waals surface area contributed by atoms with E-state index in [1.807, 2.05) is 12.1 Å². The molecule has 0 bridgehead atoms. The molecule has 48 heavy (non-hydrogen) atoms. The van der Waals surface area contributed by atoms with Crippen molar-refractivity contribution >= 4 is 39.3 Å². The summed E-state index contributed by atoms with van der Waals surface area (Å²) in [5.74, 6) is 0.788. The van der Waals surface area contributed by atoms with Crippen molar-refractivity contribution < 1.29 is 4.42 Å². The average molecular weight is 620 g/mol. The van der Waals surface area contributed by atoms with Crippen LogP contribution in [0.25, 0.3) is 33.6 Å². The number of rotatable bonds is 6. The van der Waals surface area contributed by atoms with Crippen LogP contribution in [0.15, 0.2) is 174 Å². The van der Waals surface area contributed by atoms with E-state index < -0.39 is 0 Å². The molecule has 0 spiro atoms. The van der Waals surface area contributed by atoms with Crippen molar-refractivity contribution in [3.63, 3.8) is 0 Å². The van der Waals surface area contributed by atoms with Crippen molar-refractivity contribution in [1.82, 2.24) is 0 Å². The topological polar surface area (TPSA) is 16.4 Å². The van der Waals surface area contributed by atoms with Gasteiger partial charge in [0.1, 0.15) is 11.2 Å². The molecule has 1 aromatic heterocycles. The summed E-state index contributed by atoms with van der Waals surface area (Å²) in [6, 6.07) is 44.0. The maximum atomic E-state index is 6.22. The lowest BCUT2D eigenvalue weighted by atomic mass is 9.82. The number of para-hydroxylation sites is 1. The number of benzene rings is 5. The summed E-state index contributed by atoms with van der Waals surface area (Å²) in [6.45, 7) is 0. The number of nitrogens with zero attached hydrogens (tertiary/aromatic N) is 1. The zero-order valence-corrected chi connectivity index (χ0v) is 26.9. The second-order valence-electron chi connectivity index (χ2n) is 13.1. The standard InChI is InChI=1S/C46H37NO/c1-2-9-32(10-3-1)33-17-24-38(25-18-33)47(40-28-21-36(22-29-40)42-15-8-12-35-11-4-5-13-41(35)42)39-26-19-34(20-27-39)37-23-30-44-43-14-6-7-16-45(43)48-46(44)31-37/h1-14,16-17,19,21-26,28-31,33,42H,15,18,20,27H2. The summed E-state index contributed by atoms with van der Waals surface area (Å²) in [4.78, 5) is 2.48. The van der Waals surface area contributed by atoms with Crippen LogP contribution >= 0.6 is 0 Å². The molecule has 232 valence electrons. The van der Waals surface area contributed by atoms with Crippen molar-refractivity contribution in [1.29, 1.82) is 0 Å². The Morgan fingerprint density at radius 3 is 2.27 bits per heavy atom. The highest BCUT2D eigenvalue weighted by Gasteiger charge is 2.23. The number of fused-ring (bicyclic) bond motifs is 4. The van der Waals surface area contributed by atoms with Gasteiger partial charge in [-0.15, -0.1) is 0 Å². The predicted molar refractivity (Wildman–Crippen MR) is 201 cm³/mol. The first-order chi connectivity index (χ1) is 23.8. The molecule has 3 aliphatic rings. The van der Waals surface area contributed by atoms with Crippen LogP contribution in [0.1, 0.15) is 65.3 Å². The highest BCUT2D eigenvalue weighted by molar-refractivity contribution is 6.05. The third-order valence-corrected chi connectivity index (χ3v) is 10.3. The minimum Gasteiger partial charge on any atom is -0.456 e. The fourth-order valence-corrected chi connectivity index (χ4v) is 7.79. The van der Waals surface area contributed by atoms with Gasteiger partial charge < -0.3 is 9.32 Å². The Balaban J connectivity index is 1.05. The van der Waals surface area contributed by atoms with Gasteiger partial charge in [0.05, 0.1) is 0 Å². The maximum absolute atomic E-state index is 6.22. The van der Waals surface area contributed by atoms with Gasteiger partial charge in [-0.05, 0) is 102 Å². The molecular formula is C46H37NO. The minimum absolute atomic E-state index is 0.387. The SMILES string of the molecule is C1=Cc2ccccc2C(c2ccc(N(C3=CCC(c4ccccc4)C=C3)C3=CC=C(c4ccc5c(c4)oc4ccccc45)CC3)cc2)C1. The first kappa shape index (κ1) is 28.6. The summed E-state index contributed by atoms with van der Waals surface area (Å²) in [7, 11) is 0. The van der Waals surface area contributed by atoms with Gasteiger partial charge >= 0.3 is 0 Å². The molecule has 0 amide bonds. The molecule has 5 aromatic carbocycles. The van der Waals surface area contributed by atoms with Crippen LogP contribution in [0, 0.1) is 0 Å². The zero-order valence-electron chi connectivity index (χ0n) is 26.9. The summed E-state index contributed by atoms with van der Waals surface area (Å²) >= 11 is 0. The van der Waals surface area contributed by atoms with Gasteiger partial charge in [0, 0.05) is 39.7 Å². The molecule has 0 N–H and O–H groups in total. The van der Waals surface area contributed by atoms with Gasteiger partial charge in [-0.2, -0.15) is 0 Å². The Morgan fingerprint density at radius 2 is 1.44 bits per heavy atom. The van der Waals surface area contributed by atoms with E-state index in [1.165, 1.54) is 61.2 Å². The van der Waals surface area contributed by atoms with Crippen molar-refractivity contribution in [3.05, 3.63) is 197 Å². The van der Waals surface area contributed by atoms with Crippen LogP contribution < -0.4 is 4.90 Å². The van der Waals surface area contributed by atoms with Gasteiger partial charge in [0.2, 0.25) is 0 Å². The summed E-state index contributed by atoms with van der Waals surface area (Å²) < 4.78 is 6.22. The van der Waals surface area contributed by atoms with E-state index in [-0.39, 0.29) is 0 Å². The monoisotopic (exact) mass is 619 g/mol. The van der Waals surface area contributed by atoms with Gasteiger partial charge in [0.15, 0.2) is 0 Å². The van der Waals surface area contributed by atoms with Crippen LogP contribution in [0.2, 0.25) is 0 Å². The van der Waals surface area contributed by atoms with Gasteiger partial charge in [0.25, 0.3) is 0 Å².